The van der Waals surface area contributed by atoms with E-state index in [1.165, 1.54) is 6.07 Å². The first-order chi connectivity index (χ1) is 9.65. The first-order valence-electron chi connectivity index (χ1n) is 6.90. The molecule has 0 saturated carbocycles. The van der Waals surface area contributed by atoms with Gasteiger partial charge in [-0.25, -0.2) is 8.60 Å². The maximum atomic E-state index is 14.3. The lowest BCUT2D eigenvalue weighted by atomic mass is 9.87. The summed E-state index contributed by atoms with van der Waals surface area (Å²) in [4.78, 5) is 2.04. The highest BCUT2D eigenvalue weighted by Crippen LogP contribution is 2.34. The molecule has 0 aliphatic heterocycles. The van der Waals surface area contributed by atoms with Gasteiger partial charge in [-0.3, -0.25) is 5.14 Å². The quantitative estimate of drug-likeness (QED) is 0.831. The molecule has 6 heteroatoms. The van der Waals surface area contributed by atoms with Crippen LogP contribution < -0.4 is 5.14 Å². The van der Waals surface area contributed by atoms with Gasteiger partial charge < -0.3 is 4.90 Å². The van der Waals surface area contributed by atoms with Crippen molar-refractivity contribution in [3.63, 3.8) is 0 Å². The van der Waals surface area contributed by atoms with Crippen molar-refractivity contribution in [1.82, 2.24) is 4.90 Å². The molecular formula is C15H24ClFN2OS. The number of benzene rings is 1. The van der Waals surface area contributed by atoms with Crippen molar-refractivity contribution >= 4 is 22.6 Å². The Labute approximate surface area is 134 Å². The Morgan fingerprint density at radius 3 is 2.57 bits per heavy atom. The molecule has 1 unspecified atom stereocenters. The zero-order valence-corrected chi connectivity index (χ0v) is 14.6. The van der Waals surface area contributed by atoms with Crippen LogP contribution in [0.1, 0.15) is 38.2 Å². The number of nitrogens with two attached hydrogens (primary N) is 1. The molecular weight excluding hydrogens is 311 g/mol. The topological polar surface area (TPSA) is 46.3 Å². The van der Waals surface area contributed by atoms with E-state index in [0.29, 0.717) is 12.0 Å². The molecule has 0 spiro atoms. The maximum Gasteiger partial charge on any atom is 0.145 e. The molecule has 3 nitrogen and oxygen atoms in total. The van der Waals surface area contributed by atoms with E-state index in [1.807, 2.05) is 32.8 Å². The Morgan fingerprint density at radius 2 is 2.05 bits per heavy atom. The Morgan fingerprint density at radius 1 is 1.43 bits per heavy atom. The first-order valence-corrected chi connectivity index (χ1v) is 8.49. The molecule has 1 aromatic rings. The van der Waals surface area contributed by atoms with Crippen LogP contribution in [0.2, 0.25) is 5.02 Å². The van der Waals surface area contributed by atoms with Crippen LogP contribution in [-0.4, -0.2) is 34.5 Å². The lowest BCUT2D eigenvalue weighted by Crippen LogP contribution is -2.34. The van der Waals surface area contributed by atoms with Crippen LogP contribution in [0, 0.1) is 5.82 Å². The van der Waals surface area contributed by atoms with Crippen molar-refractivity contribution in [2.75, 3.05) is 20.6 Å². The molecule has 0 radical (unpaired) electrons. The van der Waals surface area contributed by atoms with Gasteiger partial charge in [-0.2, -0.15) is 0 Å². The second-order valence-electron chi connectivity index (χ2n) is 6.19. The van der Waals surface area contributed by atoms with Crippen molar-refractivity contribution in [3.05, 3.63) is 34.6 Å². The van der Waals surface area contributed by atoms with Gasteiger partial charge in [0, 0.05) is 0 Å². The Balaban J connectivity index is 3.07. The zero-order chi connectivity index (χ0) is 16.2. The minimum Gasteiger partial charge on any atom is -0.309 e. The van der Waals surface area contributed by atoms with E-state index < -0.39 is 15.7 Å². The summed E-state index contributed by atoms with van der Waals surface area (Å²) in [5.74, 6) is -0.463. The molecule has 2 N–H and O–H groups in total. The lowest BCUT2D eigenvalue weighted by molar-refractivity contribution is 0.362. The van der Waals surface area contributed by atoms with Gasteiger partial charge >= 0.3 is 0 Å². The van der Waals surface area contributed by atoms with Gasteiger partial charge in [0.25, 0.3) is 0 Å². The molecule has 0 bridgehead atoms. The van der Waals surface area contributed by atoms with Crippen LogP contribution >= 0.6 is 11.6 Å². The third-order valence-electron chi connectivity index (χ3n) is 3.63. The van der Waals surface area contributed by atoms with Crippen molar-refractivity contribution in [2.45, 2.75) is 37.4 Å². The molecule has 120 valence electrons. The van der Waals surface area contributed by atoms with Crippen LogP contribution in [0.15, 0.2) is 18.2 Å². The second kappa shape index (κ2) is 7.68. The summed E-state index contributed by atoms with van der Waals surface area (Å²) >= 11 is 5.88. The van der Waals surface area contributed by atoms with E-state index in [2.05, 4.69) is 0 Å². The summed E-state index contributed by atoms with van der Waals surface area (Å²) in [5.41, 5.74) is 0.572. The lowest BCUT2D eigenvalue weighted by Gasteiger charge is -2.29. The van der Waals surface area contributed by atoms with Gasteiger partial charge in [0.1, 0.15) is 5.82 Å². The van der Waals surface area contributed by atoms with Crippen molar-refractivity contribution < 1.29 is 8.60 Å². The fraction of sp³-hybridized carbons (Fsp3) is 0.600. The number of rotatable bonds is 7. The fourth-order valence-corrected chi connectivity index (χ4v) is 2.84. The normalized spacial score (nSPS) is 15.2. The van der Waals surface area contributed by atoms with Gasteiger partial charge in [0.15, 0.2) is 0 Å². The Bertz CT molecular complexity index is 508. The predicted octanol–water partition coefficient (Wildman–Crippen LogP) is 3.31. The van der Waals surface area contributed by atoms with Crippen molar-refractivity contribution in [1.29, 1.82) is 0 Å². The molecule has 0 amide bonds. The molecule has 1 aromatic carbocycles. The van der Waals surface area contributed by atoms with Crippen LogP contribution in [-0.2, 0) is 11.0 Å². The van der Waals surface area contributed by atoms with E-state index in [9.17, 15) is 8.60 Å². The van der Waals surface area contributed by atoms with Gasteiger partial charge in [0.2, 0.25) is 0 Å². The highest BCUT2D eigenvalue weighted by atomic mass is 35.5. The minimum atomic E-state index is -1.47. The summed E-state index contributed by atoms with van der Waals surface area (Å²) in [7, 11) is 2.47. The average molecular weight is 335 g/mol. The summed E-state index contributed by atoms with van der Waals surface area (Å²) in [6.45, 7) is 4.49. The average Bonchev–Trinajstić information content (AvgIpc) is 2.37. The molecule has 0 aliphatic rings. The highest BCUT2D eigenvalue weighted by molar-refractivity contribution is 7.84. The molecule has 2 atom stereocenters. The van der Waals surface area contributed by atoms with Crippen LogP contribution in [0.4, 0.5) is 4.39 Å². The first kappa shape index (κ1) is 18.6. The number of halogens is 2. The third-order valence-corrected chi connectivity index (χ3v) is 5.18. The Kier molecular flexibility index (Phi) is 6.78. The largest absolute Gasteiger partial charge is 0.309 e. The molecule has 1 rings (SSSR count). The van der Waals surface area contributed by atoms with Gasteiger partial charge in [0.05, 0.1) is 20.8 Å². The molecule has 0 aromatic heterocycles. The SMILES string of the molecule is CN(C)CC[C@H](CC(C)(C)S(N)=O)c1cccc(Cl)c1F. The molecule has 21 heavy (non-hydrogen) atoms. The van der Waals surface area contributed by atoms with Crippen LogP contribution in [0.3, 0.4) is 0 Å². The van der Waals surface area contributed by atoms with Crippen LogP contribution in [0.25, 0.3) is 0 Å². The Hall–Kier alpha value is -0.490. The minimum absolute atomic E-state index is 0.0754. The summed E-state index contributed by atoms with van der Waals surface area (Å²) < 4.78 is 25.4. The summed E-state index contributed by atoms with van der Waals surface area (Å²) in [6.07, 6.45) is 1.30. The monoisotopic (exact) mass is 334 g/mol. The van der Waals surface area contributed by atoms with E-state index in [0.717, 1.165) is 13.0 Å². The van der Waals surface area contributed by atoms with E-state index >= 15 is 0 Å². The van der Waals surface area contributed by atoms with Crippen molar-refractivity contribution in [2.24, 2.45) is 5.14 Å². The van der Waals surface area contributed by atoms with Gasteiger partial charge in [-0.15, -0.1) is 0 Å². The van der Waals surface area contributed by atoms with E-state index in [4.69, 9.17) is 16.7 Å². The number of nitrogens with zero attached hydrogens (tertiary/aromatic N) is 1. The molecule has 0 heterocycles. The van der Waals surface area contributed by atoms with Gasteiger partial charge in [-0.1, -0.05) is 23.7 Å². The van der Waals surface area contributed by atoms with E-state index in [1.54, 1.807) is 12.1 Å². The third kappa shape index (κ3) is 5.33. The zero-order valence-electron chi connectivity index (χ0n) is 13.0. The predicted molar refractivity (Wildman–Crippen MR) is 88.3 cm³/mol. The second-order valence-corrected chi connectivity index (χ2v) is 8.30. The number of hydrogen-bond acceptors (Lipinski definition) is 2. The summed E-state index contributed by atoms with van der Waals surface area (Å²) in [6, 6.07) is 5.03. The van der Waals surface area contributed by atoms with E-state index in [-0.39, 0.29) is 16.8 Å². The van der Waals surface area contributed by atoms with Gasteiger partial charge in [-0.05, 0) is 64.9 Å². The molecule has 0 aliphatic carbocycles. The van der Waals surface area contributed by atoms with Crippen LogP contribution in [0.5, 0.6) is 0 Å². The highest BCUT2D eigenvalue weighted by Gasteiger charge is 2.30. The van der Waals surface area contributed by atoms with Crippen molar-refractivity contribution in [3.8, 4) is 0 Å². The smallest absolute Gasteiger partial charge is 0.145 e. The molecule has 0 saturated heterocycles. The fourth-order valence-electron chi connectivity index (χ4n) is 2.29. The summed E-state index contributed by atoms with van der Waals surface area (Å²) in [5, 5.41) is 5.68. The molecule has 0 fully saturated rings. The number of hydrogen-bond donors (Lipinski definition) is 1. The standard InChI is InChI=1S/C15H24ClFN2OS/c1-15(2,21(18)20)10-11(8-9-19(3)4)12-6-5-7-13(16)14(12)17/h5-7,11H,8-10,18H2,1-4H3/t11-,21?/m1/s1. The maximum absolute atomic E-state index is 14.3.